The second-order valence-electron chi connectivity index (χ2n) is 5.52. The molecule has 2 heterocycles. The number of H-pyrrole nitrogens is 1. The van der Waals surface area contributed by atoms with Crippen LogP contribution in [0.4, 0.5) is 0 Å². The maximum absolute atomic E-state index is 12.4. The van der Waals surface area contributed by atoms with Crippen LogP contribution in [-0.4, -0.2) is 46.5 Å². The maximum Gasteiger partial charge on any atom is 0.329 e. The van der Waals surface area contributed by atoms with Gasteiger partial charge < -0.3 is 15.2 Å². The van der Waals surface area contributed by atoms with Gasteiger partial charge in [0.05, 0.1) is 10.9 Å². The van der Waals surface area contributed by atoms with Crippen LogP contribution in [0, 0.1) is 0 Å². The van der Waals surface area contributed by atoms with Crippen molar-refractivity contribution in [2.75, 3.05) is 20.1 Å². The molecular formula is C15H18N4O3. The number of hydrogen-bond donors (Lipinski definition) is 2. The normalized spacial score (nSPS) is 17.8. The highest BCUT2D eigenvalue weighted by Gasteiger charge is 2.24. The molecule has 1 amide bonds. The van der Waals surface area contributed by atoms with Crippen molar-refractivity contribution in [3.63, 3.8) is 0 Å². The zero-order chi connectivity index (χ0) is 15.7. The van der Waals surface area contributed by atoms with Gasteiger partial charge in [-0.25, -0.2) is 4.79 Å². The predicted molar refractivity (Wildman–Crippen MR) is 82.9 cm³/mol. The van der Waals surface area contributed by atoms with Crippen molar-refractivity contribution in [3.8, 4) is 0 Å². The first-order valence-corrected chi connectivity index (χ1v) is 7.26. The second kappa shape index (κ2) is 5.76. The quantitative estimate of drug-likeness (QED) is 0.801. The van der Waals surface area contributed by atoms with E-state index in [9.17, 15) is 14.4 Å². The number of carbonyl (C=O) groups is 1. The molecule has 0 spiro atoms. The molecule has 1 fully saturated rings. The van der Waals surface area contributed by atoms with Crippen LogP contribution in [0.15, 0.2) is 33.9 Å². The number of aromatic nitrogens is 2. The summed E-state index contributed by atoms with van der Waals surface area (Å²) < 4.78 is 0.962. The van der Waals surface area contributed by atoms with Crippen molar-refractivity contribution in [1.29, 1.82) is 0 Å². The summed E-state index contributed by atoms with van der Waals surface area (Å²) in [6.07, 6.45) is 0.880. The highest BCUT2D eigenvalue weighted by atomic mass is 16.2. The SMILES string of the molecule is CN(C(=O)Cn1c(=O)[nH]c2ccccc2c1=O)C1CCNC1. The Bertz CT molecular complexity index is 817. The Morgan fingerprint density at radius 2 is 2.14 bits per heavy atom. The first-order valence-electron chi connectivity index (χ1n) is 7.26. The van der Waals surface area contributed by atoms with Crippen molar-refractivity contribution in [2.24, 2.45) is 0 Å². The third-order valence-corrected chi connectivity index (χ3v) is 4.16. The van der Waals surface area contributed by atoms with Gasteiger partial charge in [0.15, 0.2) is 0 Å². The molecule has 2 N–H and O–H groups in total. The summed E-state index contributed by atoms with van der Waals surface area (Å²) in [5.74, 6) is -0.239. The monoisotopic (exact) mass is 302 g/mol. The molecule has 3 rings (SSSR count). The molecule has 1 atom stereocenters. The Kier molecular flexibility index (Phi) is 3.81. The van der Waals surface area contributed by atoms with Gasteiger partial charge in [0.1, 0.15) is 6.54 Å². The number of para-hydroxylation sites is 1. The topological polar surface area (TPSA) is 87.2 Å². The highest BCUT2D eigenvalue weighted by Crippen LogP contribution is 2.07. The van der Waals surface area contributed by atoms with Crippen molar-refractivity contribution in [1.82, 2.24) is 19.8 Å². The third-order valence-electron chi connectivity index (χ3n) is 4.16. The van der Waals surface area contributed by atoms with Crippen LogP contribution < -0.4 is 16.6 Å². The Morgan fingerprint density at radius 3 is 2.86 bits per heavy atom. The average Bonchev–Trinajstić information content (AvgIpc) is 3.04. The number of fused-ring (bicyclic) bond motifs is 1. The molecule has 22 heavy (non-hydrogen) atoms. The zero-order valence-corrected chi connectivity index (χ0v) is 12.3. The van der Waals surface area contributed by atoms with E-state index < -0.39 is 11.2 Å². The summed E-state index contributed by atoms with van der Waals surface area (Å²) in [5.41, 5.74) is -0.518. The van der Waals surface area contributed by atoms with Crippen LogP contribution in [-0.2, 0) is 11.3 Å². The van der Waals surface area contributed by atoms with Gasteiger partial charge in [0.25, 0.3) is 5.56 Å². The molecule has 1 aliphatic heterocycles. The van der Waals surface area contributed by atoms with Crippen LogP contribution in [0.1, 0.15) is 6.42 Å². The minimum absolute atomic E-state index is 0.114. The van der Waals surface area contributed by atoms with Crippen molar-refractivity contribution >= 4 is 16.8 Å². The first kappa shape index (κ1) is 14.5. The van der Waals surface area contributed by atoms with Gasteiger partial charge in [-0.15, -0.1) is 0 Å². The van der Waals surface area contributed by atoms with E-state index in [2.05, 4.69) is 10.3 Å². The smallest absolute Gasteiger partial charge is 0.329 e. The minimum Gasteiger partial charge on any atom is -0.340 e. The molecule has 0 saturated carbocycles. The lowest BCUT2D eigenvalue weighted by Gasteiger charge is -2.23. The summed E-state index contributed by atoms with van der Waals surface area (Å²) in [4.78, 5) is 41.0. The second-order valence-corrected chi connectivity index (χ2v) is 5.52. The number of rotatable bonds is 3. The summed E-state index contributed by atoms with van der Waals surface area (Å²) >= 11 is 0. The number of likely N-dealkylation sites (N-methyl/N-ethyl adjacent to an activating group) is 1. The largest absolute Gasteiger partial charge is 0.340 e. The fourth-order valence-electron chi connectivity index (χ4n) is 2.76. The molecular weight excluding hydrogens is 284 g/mol. The number of aromatic amines is 1. The number of amides is 1. The molecule has 0 bridgehead atoms. The molecule has 116 valence electrons. The van der Waals surface area contributed by atoms with E-state index in [4.69, 9.17) is 0 Å². The van der Waals surface area contributed by atoms with Gasteiger partial charge in [0.2, 0.25) is 5.91 Å². The van der Waals surface area contributed by atoms with E-state index in [1.165, 1.54) is 0 Å². The number of benzene rings is 1. The summed E-state index contributed by atoms with van der Waals surface area (Å²) in [6.45, 7) is 1.37. The molecule has 1 saturated heterocycles. The molecule has 1 aromatic heterocycles. The van der Waals surface area contributed by atoms with Crippen molar-refractivity contribution in [2.45, 2.75) is 19.0 Å². The van der Waals surface area contributed by atoms with E-state index in [0.29, 0.717) is 10.9 Å². The third kappa shape index (κ3) is 2.55. The standard InChI is InChI=1S/C15H18N4O3/c1-18(10-6-7-16-8-10)13(20)9-19-14(21)11-4-2-3-5-12(11)17-15(19)22/h2-5,10,16H,6-9H2,1H3,(H,17,22). The van der Waals surface area contributed by atoms with Crippen LogP contribution in [0.25, 0.3) is 10.9 Å². The number of carbonyl (C=O) groups excluding carboxylic acids is 1. The van der Waals surface area contributed by atoms with Crippen LogP contribution in [0.3, 0.4) is 0 Å². The van der Waals surface area contributed by atoms with Crippen molar-refractivity contribution < 1.29 is 4.79 Å². The van der Waals surface area contributed by atoms with Crippen LogP contribution in [0.2, 0.25) is 0 Å². The minimum atomic E-state index is -0.560. The molecule has 0 radical (unpaired) electrons. The van der Waals surface area contributed by atoms with Gasteiger partial charge in [-0.1, -0.05) is 12.1 Å². The Morgan fingerprint density at radius 1 is 1.36 bits per heavy atom. The molecule has 1 aliphatic rings. The lowest BCUT2D eigenvalue weighted by atomic mass is 10.2. The Balaban J connectivity index is 1.92. The zero-order valence-electron chi connectivity index (χ0n) is 12.3. The number of hydrogen-bond acceptors (Lipinski definition) is 4. The highest BCUT2D eigenvalue weighted by molar-refractivity contribution is 5.79. The van der Waals surface area contributed by atoms with Gasteiger partial charge in [-0.3, -0.25) is 14.2 Å². The fourth-order valence-corrected chi connectivity index (χ4v) is 2.76. The molecule has 7 heteroatoms. The van der Waals surface area contributed by atoms with E-state index >= 15 is 0 Å². The van der Waals surface area contributed by atoms with Gasteiger partial charge in [-0.2, -0.15) is 0 Å². The lowest BCUT2D eigenvalue weighted by molar-refractivity contribution is -0.132. The fraction of sp³-hybridized carbons (Fsp3) is 0.400. The molecule has 0 aliphatic carbocycles. The van der Waals surface area contributed by atoms with E-state index in [1.807, 2.05) is 0 Å². The van der Waals surface area contributed by atoms with Crippen molar-refractivity contribution in [3.05, 3.63) is 45.1 Å². The van der Waals surface area contributed by atoms with E-state index in [1.54, 1.807) is 36.2 Å². The average molecular weight is 302 g/mol. The molecule has 2 aromatic rings. The van der Waals surface area contributed by atoms with Gasteiger partial charge in [-0.05, 0) is 25.1 Å². The Labute approximate surface area is 126 Å². The lowest BCUT2D eigenvalue weighted by Crippen LogP contribution is -2.44. The van der Waals surface area contributed by atoms with Gasteiger partial charge in [0, 0.05) is 19.6 Å². The molecule has 1 unspecified atom stereocenters. The number of nitrogens with one attached hydrogen (secondary N) is 2. The first-order chi connectivity index (χ1) is 10.6. The number of nitrogens with zero attached hydrogens (tertiary/aromatic N) is 2. The molecule has 7 nitrogen and oxygen atoms in total. The van der Waals surface area contributed by atoms with E-state index in [0.717, 1.165) is 24.1 Å². The maximum atomic E-state index is 12.4. The van der Waals surface area contributed by atoms with Gasteiger partial charge >= 0.3 is 5.69 Å². The van der Waals surface area contributed by atoms with Crippen LogP contribution >= 0.6 is 0 Å². The Hall–Kier alpha value is -2.41. The van der Waals surface area contributed by atoms with Crippen LogP contribution in [0.5, 0.6) is 0 Å². The summed E-state index contributed by atoms with van der Waals surface area (Å²) in [7, 11) is 1.71. The molecule has 1 aromatic carbocycles. The summed E-state index contributed by atoms with van der Waals surface area (Å²) in [5, 5.41) is 3.59. The summed E-state index contributed by atoms with van der Waals surface area (Å²) in [6, 6.07) is 6.89. The predicted octanol–water partition coefficient (Wildman–Crippen LogP) is -0.490. The van der Waals surface area contributed by atoms with E-state index in [-0.39, 0.29) is 18.5 Å².